The van der Waals surface area contributed by atoms with E-state index in [1.165, 1.54) is 24.5 Å². The lowest BCUT2D eigenvalue weighted by atomic mass is 10.4. The van der Waals surface area contributed by atoms with E-state index in [1.807, 2.05) is 13.8 Å². The third kappa shape index (κ3) is 7.12. The van der Waals surface area contributed by atoms with Crippen LogP contribution in [0.3, 0.4) is 0 Å². The van der Waals surface area contributed by atoms with Crippen LogP contribution >= 0.6 is 0 Å². The Hall–Kier alpha value is -1.98. The highest BCUT2D eigenvalue weighted by Gasteiger charge is 1.99. The van der Waals surface area contributed by atoms with Crippen LogP contribution in [0.1, 0.15) is 13.8 Å². The Morgan fingerprint density at radius 1 is 1.60 bits per heavy atom. The Kier molecular flexibility index (Phi) is 6.45. The van der Waals surface area contributed by atoms with Crippen molar-refractivity contribution in [1.29, 1.82) is 0 Å². The van der Waals surface area contributed by atoms with Gasteiger partial charge in [-0.1, -0.05) is 0 Å². The van der Waals surface area contributed by atoms with E-state index in [1.54, 1.807) is 0 Å². The molecule has 0 aliphatic carbocycles. The number of hydrogen-bond acceptors (Lipinski definition) is 4. The third-order valence-corrected chi connectivity index (χ3v) is 1.26. The van der Waals surface area contributed by atoms with Crippen molar-refractivity contribution in [2.45, 2.75) is 19.9 Å². The van der Waals surface area contributed by atoms with Crippen molar-refractivity contribution >= 4 is 12.1 Å². The Balaban J connectivity index is 0.000000288. The normalized spacial score (nSPS) is 8.73. The molecule has 0 saturated carbocycles. The SMILES string of the molecule is CC(C)NC=O.O=[N+]([O-])c1cccnc1. The van der Waals surface area contributed by atoms with Crippen molar-refractivity contribution in [2.75, 3.05) is 0 Å². The summed E-state index contributed by atoms with van der Waals surface area (Å²) in [6.45, 7) is 3.82. The molecule has 1 aromatic rings. The van der Waals surface area contributed by atoms with Gasteiger partial charge in [0.15, 0.2) is 0 Å². The summed E-state index contributed by atoms with van der Waals surface area (Å²) in [6, 6.07) is 3.20. The number of pyridine rings is 1. The van der Waals surface area contributed by atoms with Crippen LogP contribution in [-0.2, 0) is 4.79 Å². The number of rotatable bonds is 3. The van der Waals surface area contributed by atoms with Gasteiger partial charge in [-0.2, -0.15) is 0 Å². The van der Waals surface area contributed by atoms with E-state index in [0.717, 1.165) is 0 Å². The smallest absolute Gasteiger partial charge is 0.287 e. The number of nitro groups is 1. The van der Waals surface area contributed by atoms with Crippen molar-refractivity contribution in [3.8, 4) is 0 Å². The molecule has 0 atom stereocenters. The molecule has 6 nitrogen and oxygen atoms in total. The second kappa shape index (κ2) is 7.43. The highest BCUT2D eigenvalue weighted by molar-refractivity contribution is 5.46. The van der Waals surface area contributed by atoms with Crippen LogP contribution in [0.25, 0.3) is 0 Å². The Bertz CT molecular complexity index is 301. The molecule has 0 aliphatic heterocycles. The number of aromatic nitrogens is 1. The minimum Gasteiger partial charge on any atom is -0.357 e. The summed E-state index contributed by atoms with van der Waals surface area (Å²) in [4.78, 5) is 22.6. The number of amides is 1. The fraction of sp³-hybridized carbons (Fsp3) is 0.333. The quantitative estimate of drug-likeness (QED) is 0.461. The van der Waals surface area contributed by atoms with E-state index in [-0.39, 0.29) is 11.7 Å². The maximum Gasteiger partial charge on any atom is 0.287 e. The topological polar surface area (TPSA) is 85.1 Å². The standard InChI is InChI=1S/C5H4N2O2.C4H9NO/c8-7(9)5-2-1-3-6-4-5;1-4(2)5-3-6/h1-4H;3-4H,1-2H3,(H,5,6). The van der Waals surface area contributed by atoms with Gasteiger partial charge < -0.3 is 5.32 Å². The van der Waals surface area contributed by atoms with Gasteiger partial charge in [-0.3, -0.25) is 19.9 Å². The van der Waals surface area contributed by atoms with E-state index in [9.17, 15) is 14.9 Å². The van der Waals surface area contributed by atoms with Gasteiger partial charge in [0.25, 0.3) is 5.69 Å². The summed E-state index contributed by atoms with van der Waals surface area (Å²) < 4.78 is 0. The fourth-order valence-corrected chi connectivity index (χ4v) is 0.598. The maximum absolute atomic E-state index is 9.97. The third-order valence-electron chi connectivity index (χ3n) is 1.26. The first-order chi connectivity index (χ1) is 7.07. The Morgan fingerprint density at radius 3 is 2.47 bits per heavy atom. The number of carbonyl (C=O) groups excluding carboxylic acids is 1. The molecule has 0 unspecified atom stereocenters. The number of hydrogen-bond donors (Lipinski definition) is 1. The summed E-state index contributed by atoms with van der Waals surface area (Å²) in [7, 11) is 0. The molecule has 1 N–H and O–H groups in total. The molecule has 1 heterocycles. The predicted octanol–water partition coefficient (Wildman–Crippen LogP) is 1.13. The van der Waals surface area contributed by atoms with Gasteiger partial charge in [-0.25, -0.2) is 0 Å². The van der Waals surface area contributed by atoms with E-state index in [4.69, 9.17) is 0 Å². The molecule has 0 fully saturated rings. The van der Waals surface area contributed by atoms with Gasteiger partial charge in [0.2, 0.25) is 6.41 Å². The van der Waals surface area contributed by atoms with Crippen molar-refractivity contribution in [2.24, 2.45) is 0 Å². The van der Waals surface area contributed by atoms with E-state index >= 15 is 0 Å². The van der Waals surface area contributed by atoms with Crippen LogP contribution in [0.5, 0.6) is 0 Å². The molecule has 1 rings (SSSR count). The van der Waals surface area contributed by atoms with E-state index in [0.29, 0.717) is 6.41 Å². The average Bonchev–Trinajstić information content (AvgIpc) is 2.20. The largest absolute Gasteiger partial charge is 0.357 e. The molecular weight excluding hydrogens is 198 g/mol. The summed E-state index contributed by atoms with van der Waals surface area (Å²) in [6.07, 6.45) is 3.40. The van der Waals surface area contributed by atoms with Gasteiger partial charge in [0, 0.05) is 18.3 Å². The van der Waals surface area contributed by atoms with E-state index in [2.05, 4.69) is 10.3 Å². The molecule has 6 heteroatoms. The average molecular weight is 211 g/mol. The van der Waals surface area contributed by atoms with Crippen molar-refractivity contribution in [1.82, 2.24) is 10.3 Å². The molecule has 0 saturated heterocycles. The highest BCUT2D eigenvalue weighted by Crippen LogP contribution is 2.04. The molecule has 1 amide bonds. The van der Waals surface area contributed by atoms with Gasteiger partial charge in [0.1, 0.15) is 6.20 Å². The summed E-state index contributed by atoms with van der Waals surface area (Å²) in [5, 5.41) is 12.5. The van der Waals surface area contributed by atoms with Crippen molar-refractivity contribution in [3.05, 3.63) is 34.6 Å². The van der Waals surface area contributed by atoms with Crippen LogP contribution in [0.4, 0.5) is 5.69 Å². The fourth-order valence-electron chi connectivity index (χ4n) is 0.598. The summed E-state index contributed by atoms with van der Waals surface area (Å²) in [5.41, 5.74) is 0.0255. The lowest BCUT2D eigenvalue weighted by Gasteiger charge is -1.96. The van der Waals surface area contributed by atoms with Gasteiger partial charge in [-0.15, -0.1) is 0 Å². The zero-order chi connectivity index (χ0) is 11.7. The van der Waals surface area contributed by atoms with Crippen LogP contribution in [0.2, 0.25) is 0 Å². The summed E-state index contributed by atoms with van der Waals surface area (Å²) >= 11 is 0. The molecule has 1 aromatic heterocycles. The van der Waals surface area contributed by atoms with Crippen LogP contribution in [0.15, 0.2) is 24.5 Å². The zero-order valence-electron chi connectivity index (χ0n) is 8.58. The number of carbonyl (C=O) groups is 1. The minimum absolute atomic E-state index is 0.0255. The highest BCUT2D eigenvalue weighted by atomic mass is 16.6. The molecule has 0 bridgehead atoms. The maximum atomic E-state index is 9.97. The van der Waals surface area contributed by atoms with Gasteiger partial charge in [-0.05, 0) is 19.9 Å². The molecule has 82 valence electrons. The van der Waals surface area contributed by atoms with Crippen LogP contribution in [0, 0.1) is 10.1 Å². The first kappa shape index (κ1) is 13.0. The lowest BCUT2D eigenvalue weighted by molar-refractivity contribution is -0.385. The summed E-state index contributed by atoms with van der Waals surface area (Å²) in [5.74, 6) is 0. The molecule has 15 heavy (non-hydrogen) atoms. The zero-order valence-corrected chi connectivity index (χ0v) is 8.58. The Morgan fingerprint density at radius 2 is 2.27 bits per heavy atom. The second-order valence-corrected chi connectivity index (χ2v) is 2.91. The molecule has 0 spiro atoms. The van der Waals surface area contributed by atoms with Crippen LogP contribution in [-0.4, -0.2) is 22.4 Å². The molecule has 0 aromatic carbocycles. The first-order valence-corrected chi connectivity index (χ1v) is 4.32. The predicted molar refractivity (Wildman–Crippen MR) is 55.2 cm³/mol. The second-order valence-electron chi connectivity index (χ2n) is 2.91. The van der Waals surface area contributed by atoms with Gasteiger partial charge >= 0.3 is 0 Å². The molecule has 0 radical (unpaired) electrons. The monoisotopic (exact) mass is 211 g/mol. The molecule has 0 aliphatic rings. The van der Waals surface area contributed by atoms with Gasteiger partial charge in [0.05, 0.1) is 4.92 Å². The number of nitrogens with zero attached hydrogens (tertiary/aromatic N) is 2. The minimum atomic E-state index is -0.479. The van der Waals surface area contributed by atoms with Crippen molar-refractivity contribution < 1.29 is 9.72 Å². The van der Waals surface area contributed by atoms with Crippen LogP contribution < -0.4 is 5.32 Å². The van der Waals surface area contributed by atoms with E-state index < -0.39 is 4.92 Å². The lowest BCUT2D eigenvalue weighted by Crippen LogP contribution is -2.19. The first-order valence-electron chi connectivity index (χ1n) is 4.32. The van der Waals surface area contributed by atoms with Crippen molar-refractivity contribution in [3.63, 3.8) is 0 Å². The molecular formula is C9H13N3O3. The number of nitrogens with one attached hydrogen (secondary N) is 1. The Labute approximate surface area is 87.5 Å².